The van der Waals surface area contributed by atoms with Crippen LogP contribution in [0.3, 0.4) is 0 Å². The van der Waals surface area contributed by atoms with Crippen LogP contribution >= 0.6 is 0 Å². The van der Waals surface area contributed by atoms with Crippen LogP contribution in [0.15, 0.2) is 18.2 Å². The highest BCUT2D eigenvalue weighted by atomic mass is 19.1. The first-order valence-electron chi connectivity index (χ1n) is 6.63. The molecule has 0 aliphatic carbocycles. The zero-order valence-electron chi connectivity index (χ0n) is 11.1. The van der Waals surface area contributed by atoms with Gasteiger partial charge in [-0.25, -0.2) is 9.18 Å². The van der Waals surface area contributed by atoms with Gasteiger partial charge in [-0.05, 0) is 6.07 Å². The third kappa shape index (κ3) is 2.56. The van der Waals surface area contributed by atoms with E-state index in [1.165, 1.54) is 11.0 Å². The largest absolute Gasteiger partial charge is 0.479 e. The molecule has 1 N–H and O–H groups in total. The Balaban J connectivity index is 1.70. The molecular formula is C14H14FNO5. The number of halogens is 1. The van der Waals surface area contributed by atoms with Crippen molar-refractivity contribution in [1.82, 2.24) is 4.90 Å². The molecule has 2 atom stereocenters. The van der Waals surface area contributed by atoms with Gasteiger partial charge in [0.1, 0.15) is 0 Å². The summed E-state index contributed by atoms with van der Waals surface area (Å²) in [5.41, 5.74) is 0.649. The summed E-state index contributed by atoms with van der Waals surface area (Å²) in [5.74, 6) is -1.82. The fourth-order valence-corrected chi connectivity index (χ4v) is 2.57. The zero-order valence-corrected chi connectivity index (χ0v) is 11.1. The molecule has 3 rings (SSSR count). The summed E-state index contributed by atoms with van der Waals surface area (Å²) in [4.78, 5) is 24.7. The number of morpholine rings is 1. The Morgan fingerprint density at radius 1 is 1.33 bits per heavy atom. The van der Waals surface area contributed by atoms with Gasteiger partial charge in [0.05, 0.1) is 13.2 Å². The van der Waals surface area contributed by atoms with Gasteiger partial charge in [0.15, 0.2) is 23.8 Å². The Morgan fingerprint density at radius 3 is 2.86 bits per heavy atom. The Hall–Kier alpha value is -2.15. The predicted molar refractivity (Wildman–Crippen MR) is 68.5 cm³/mol. The summed E-state index contributed by atoms with van der Waals surface area (Å²) in [6.45, 7) is 0.449. The van der Waals surface area contributed by atoms with E-state index >= 15 is 0 Å². The van der Waals surface area contributed by atoms with Crippen LogP contribution in [-0.2, 0) is 20.7 Å². The van der Waals surface area contributed by atoms with Crippen molar-refractivity contribution in [2.75, 3.05) is 19.7 Å². The second kappa shape index (κ2) is 5.33. The predicted octanol–water partition coefficient (Wildman–Crippen LogP) is 0.441. The van der Waals surface area contributed by atoms with Crippen molar-refractivity contribution < 1.29 is 28.6 Å². The summed E-state index contributed by atoms with van der Waals surface area (Å²) in [6, 6.07) is 4.56. The number of amides is 1. The Labute approximate surface area is 120 Å². The molecule has 1 fully saturated rings. The minimum atomic E-state index is -1.10. The lowest BCUT2D eigenvalue weighted by atomic mass is 10.1. The minimum absolute atomic E-state index is 0.0210. The lowest BCUT2D eigenvalue weighted by Gasteiger charge is -2.32. The van der Waals surface area contributed by atoms with E-state index in [2.05, 4.69) is 0 Å². The summed E-state index contributed by atoms with van der Waals surface area (Å²) in [5, 5.41) is 8.94. The number of rotatable bonds is 2. The lowest BCUT2D eigenvalue weighted by Crippen LogP contribution is -2.52. The van der Waals surface area contributed by atoms with Gasteiger partial charge in [-0.1, -0.05) is 12.1 Å². The van der Waals surface area contributed by atoms with Crippen LogP contribution in [0.5, 0.6) is 5.75 Å². The molecule has 0 radical (unpaired) electrons. The van der Waals surface area contributed by atoms with Crippen molar-refractivity contribution in [2.24, 2.45) is 0 Å². The van der Waals surface area contributed by atoms with Gasteiger partial charge in [0.25, 0.3) is 5.91 Å². The summed E-state index contributed by atoms with van der Waals surface area (Å²) in [7, 11) is 0. The van der Waals surface area contributed by atoms with Gasteiger partial charge < -0.3 is 19.5 Å². The van der Waals surface area contributed by atoms with Gasteiger partial charge >= 0.3 is 5.97 Å². The first kappa shape index (κ1) is 13.8. The maximum atomic E-state index is 13.6. The lowest BCUT2D eigenvalue weighted by molar-refractivity contribution is -0.161. The van der Waals surface area contributed by atoms with E-state index in [0.717, 1.165) is 0 Å². The van der Waals surface area contributed by atoms with Gasteiger partial charge in [0, 0.05) is 18.5 Å². The number of carboxylic acids is 1. The Bertz CT molecular complexity index is 591. The highest BCUT2D eigenvalue weighted by Gasteiger charge is 2.37. The van der Waals surface area contributed by atoms with E-state index in [1.807, 2.05) is 0 Å². The van der Waals surface area contributed by atoms with Crippen molar-refractivity contribution in [3.05, 3.63) is 29.6 Å². The molecule has 112 valence electrons. The number of fused-ring (bicyclic) bond motifs is 1. The molecule has 1 amide bonds. The number of nitrogens with zero attached hydrogens (tertiary/aromatic N) is 1. The molecule has 0 spiro atoms. The number of para-hydroxylation sites is 1. The number of carboxylic acid groups (broad SMARTS) is 1. The number of hydrogen-bond acceptors (Lipinski definition) is 4. The summed E-state index contributed by atoms with van der Waals surface area (Å²) < 4.78 is 24.1. The normalized spacial score (nSPS) is 24.3. The molecular weight excluding hydrogens is 281 g/mol. The van der Waals surface area contributed by atoms with Crippen molar-refractivity contribution in [3.8, 4) is 5.75 Å². The maximum absolute atomic E-state index is 13.6. The first-order valence-corrected chi connectivity index (χ1v) is 6.63. The highest BCUT2D eigenvalue weighted by Crippen LogP contribution is 2.32. The SMILES string of the molecule is O=C(O)C1CN(C(=O)C2Cc3cccc(F)c3O2)CCO1. The third-order valence-electron chi connectivity index (χ3n) is 3.64. The fourth-order valence-electron chi connectivity index (χ4n) is 2.57. The van der Waals surface area contributed by atoms with Crippen molar-refractivity contribution in [3.63, 3.8) is 0 Å². The van der Waals surface area contributed by atoms with Crippen LogP contribution in [0.25, 0.3) is 0 Å². The molecule has 21 heavy (non-hydrogen) atoms. The number of hydrogen-bond donors (Lipinski definition) is 1. The van der Waals surface area contributed by atoms with E-state index in [1.54, 1.807) is 12.1 Å². The van der Waals surface area contributed by atoms with Gasteiger partial charge in [0.2, 0.25) is 0 Å². The average molecular weight is 295 g/mol. The number of aliphatic carboxylic acids is 1. The molecule has 1 aromatic rings. The molecule has 2 unspecified atom stereocenters. The monoisotopic (exact) mass is 295 g/mol. The van der Waals surface area contributed by atoms with Crippen molar-refractivity contribution in [2.45, 2.75) is 18.6 Å². The maximum Gasteiger partial charge on any atom is 0.334 e. The third-order valence-corrected chi connectivity index (χ3v) is 3.64. The van der Waals surface area contributed by atoms with Gasteiger partial charge in [-0.15, -0.1) is 0 Å². The summed E-state index contributed by atoms with van der Waals surface area (Å²) >= 11 is 0. The standard InChI is InChI=1S/C14H14FNO5/c15-9-3-1-2-8-6-10(21-12(8)9)13(17)16-4-5-20-11(7-16)14(18)19/h1-3,10-11H,4-7H2,(H,18,19). The summed E-state index contributed by atoms with van der Waals surface area (Å²) in [6.07, 6.45) is -1.53. The van der Waals surface area contributed by atoms with Crippen LogP contribution in [0.2, 0.25) is 0 Å². The van der Waals surface area contributed by atoms with Gasteiger partial charge in [-0.3, -0.25) is 4.79 Å². The topological polar surface area (TPSA) is 76.1 Å². The molecule has 2 aliphatic heterocycles. The highest BCUT2D eigenvalue weighted by molar-refractivity contribution is 5.83. The van der Waals surface area contributed by atoms with Crippen LogP contribution in [-0.4, -0.2) is 53.8 Å². The number of benzene rings is 1. The Kier molecular flexibility index (Phi) is 3.50. The van der Waals surface area contributed by atoms with Crippen LogP contribution in [0, 0.1) is 5.82 Å². The van der Waals surface area contributed by atoms with E-state index in [4.69, 9.17) is 14.6 Å². The smallest absolute Gasteiger partial charge is 0.334 e. The van der Waals surface area contributed by atoms with E-state index in [9.17, 15) is 14.0 Å². The van der Waals surface area contributed by atoms with Crippen LogP contribution in [0.4, 0.5) is 4.39 Å². The number of carbonyl (C=O) groups excluding carboxylic acids is 1. The minimum Gasteiger partial charge on any atom is -0.479 e. The molecule has 1 saturated heterocycles. The zero-order chi connectivity index (χ0) is 15.0. The van der Waals surface area contributed by atoms with Crippen molar-refractivity contribution >= 4 is 11.9 Å². The molecule has 6 nitrogen and oxygen atoms in total. The molecule has 0 bridgehead atoms. The van der Waals surface area contributed by atoms with Crippen LogP contribution in [0.1, 0.15) is 5.56 Å². The van der Waals surface area contributed by atoms with E-state index in [-0.39, 0.29) is 24.8 Å². The molecule has 0 aromatic heterocycles. The Morgan fingerprint density at radius 2 is 2.14 bits per heavy atom. The number of carbonyl (C=O) groups is 2. The van der Waals surface area contributed by atoms with Crippen molar-refractivity contribution in [1.29, 1.82) is 0 Å². The quantitative estimate of drug-likeness (QED) is 0.857. The second-order valence-corrected chi connectivity index (χ2v) is 5.02. The molecule has 2 heterocycles. The van der Waals surface area contributed by atoms with E-state index in [0.29, 0.717) is 18.5 Å². The second-order valence-electron chi connectivity index (χ2n) is 5.02. The number of ether oxygens (including phenoxy) is 2. The van der Waals surface area contributed by atoms with Gasteiger partial charge in [-0.2, -0.15) is 0 Å². The first-order chi connectivity index (χ1) is 10.1. The molecule has 7 heteroatoms. The fraction of sp³-hybridized carbons (Fsp3) is 0.429. The molecule has 0 saturated carbocycles. The average Bonchev–Trinajstić information content (AvgIpc) is 2.92. The van der Waals surface area contributed by atoms with E-state index < -0.39 is 24.0 Å². The molecule has 1 aromatic carbocycles. The van der Waals surface area contributed by atoms with Crippen LogP contribution < -0.4 is 4.74 Å². The molecule has 2 aliphatic rings.